The summed E-state index contributed by atoms with van der Waals surface area (Å²) in [5, 5.41) is 0. The number of anilines is 2. The summed E-state index contributed by atoms with van der Waals surface area (Å²) in [5.41, 5.74) is 8.67. The number of esters is 1. The number of carbonyl (C=O) groups excluding carboxylic acids is 1. The van der Waals surface area contributed by atoms with Crippen molar-refractivity contribution in [3.8, 4) is 16.9 Å². The van der Waals surface area contributed by atoms with Crippen LogP contribution in [0.2, 0.25) is 0 Å². The quantitative estimate of drug-likeness (QED) is 0.113. The summed E-state index contributed by atoms with van der Waals surface area (Å²) in [6.45, 7) is 12.3. The van der Waals surface area contributed by atoms with Crippen LogP contribution in [-0.2, 0) is 4.79 Å². The topological polar surface area (TPSA) is 29.5 Å². The third kappa shape index (κ3) is 7.26. The lowest BCUT2D eigenvalue weighted by Crippen LogP contribution is -2.29. The second kappa shape index (κ2) is 13.1. The van der Waals surface area contributed by atoms with E-state index in [1.165, 1.54) is 45.3 Å². The van der Waals surface area contributed by atoms with E-state index in [1.54, 1.807) is 0 Å². The summed E-state index contributed by atoms with van der Waals surface area (Å²) in [5.74, 6) is 0.540. The van der Waals surface area contributed by atoms with Gasteiger partial charge in [0.25, 0.3) is 0 Å². The molecule has 0 aliphatic rings. The fourth-order valence-electron chi connectivity index (χ4n) is 5.14. The molecule has 0 saturated heterocycles. The molecule has 3 heteroatoms. The Bertz CT molecular complexity index is 1370. The van der Waals surface area contributed by atoms with Crippen LogP contribution in [0.5, 0.6) is 5.75 Å². The number of aryl methyl sites for hydroxylation is 2. The van der Waals surface area contributed by atoms with Gasteiger partial charge in [0.05, 0.1) is 0 Å². The summed E-state index contributed by atoms with van der Waals surface area (Å²) >= 11 is 0. The highest BCUT2D eigenvalue weighted by molar-refractivity contribution is 5.83. The van der Waals surface area contributed by atoms with Gasteiger partial charge in [0.1, 0.15) is 5.75 Å². The summed E-state index contributed by atoms with van der Waals surface area (Å²) < 4.78 is 5.25. The molecule has 0 spiro atoms. The molecule has 39 heavy (non-hydrogen) atoms. The summed E-state index contributed by atoms with van der Waals surface area (Å²) in [4.78, 5) is 14.0. The molecule has 4 aromatic carbocycles. The molecule has 0 aliphatic carbocycles. The number of carbonyl (C=O) groups is 1. The maximum Gasteiger partial charge on any atom is 0.335 e. The molecule has 200 valence electrons. The fraction of sp³-hybridized carbons (Fsp3) is 0.250. The van der Waals surface area contributed by atoms with Crippen LogP contribution in [0, 0.1) is 13.8 Å². The number of hydrogen-bond acceptors (Lipinski definition) is 3. The highest BCUT2D eigenvalue weighted by atomic mass is 16.5. The van der Waals surface area contributed by atoms with Crippen LogP contribution < -0.4 is 9.64 Å². The first kappa shape index (κ1) is 27.9. The van der Waals surface area contributed by atoms with Crippen LogP contribution in [0.3, 0.4) is 0 Å². The van der Waals surface area contributed by atoms with Gasteiger partial charge in [-0.2, -0.15) is 0 Å². The van der Waals surface area contributed by atoms with Crippen LogP contribution >= 0.6 is 0 Å². The van der Waals surface area contributed by atoms with Crippen LogP contribution in [0.4, 0.5) is 11.4 Å². The van der Waals surface area contributed by atoms with Gasteiger partial charge in [-0.15, -0.1) is 0 Å². The van der Waals surface area contributed by atoms with Gasteiger partial charge in [-0.1, -0.05) is 79.7 Å². The second-order valence-electron chi connectivity index (χ2n) is 10.3. The van der Waals surface area contributed by atoms with Gasteiger partial charge in [0.15, 0.2) is 0 Å². The highest BCUT2D eigenvalue weighted by Crippen LogP contribution is 2.34. The Balaban J connectivity index is 1.53. The molecule has 0 aliphatic heterocycles. The van der Waals surface area contributed by atoms with Crippen molar-refractivity contribution in [2.75, 3.05) is 4.90 Å². The van der Waals surface area contributed by atoms with E-state index >= 15 is 0 Å². The van der Waals surface area contributed by atoms with Crippen molar-refractivity contribution in [2.24, 2.45) is 0 Å². The van der Waals surface area contributed by atoms with E-state index < -0.39 is 5.97 Å². The molecule has 0 fully saturated rings. The van der Waals surface area contributed by atoms with Crippen molar-refractivity contribution in [3.05, 3.63) is 126 Å². The molecule has 4 aromatic rings. The minimum atomic E-state index is -0.438. The first-order chi connectivity index (χ1) is 18.9. The predicted octanol–water partition coefficient (Wildman–Crippen LogP) is 9.56. The molecule has 0 bridgehead atoms. The summed E-state index contributed by atoms with van der Waals surface area (Å²) in [7, 11) is 0. The number of ether oxygens (including phenoxy) is 1. The van der Waals surface area contributed by atoms with Crippen LogP contribution in [-0.4, -0.2) is 12.0 Å². The van der Waals surface area contributed by atoms with Crippen LogP contribution in [0.1, 0.15) is 55.7 Å². The number of nitrogens with zero attached hydrogens (tertiary/aromatic N) is 1. The molecule has 0 heterocycles. The van der Waals surface area contributed by atoms with E-state index in [4.69, 9.17) is 4.74 Å². The van der Waals surface area contributed by atoms with Crippen molar-refractivity contribution >= 4 is 17.3 Å². The molecule has 0 radical (unpaired) electrons. The molecule has 0 aromatic heterocycles. The lowest BCUT2D eigenvalue weighted by Gasteiger charge is -2.33. The maximum absolute atomic E-state index is 11.5. The normalized spacial score (nSPS) is 12.4. The Labute approximate surface area is 233 Å². The predicted molar refractivity (Wildman–Crippen MR) is 164 cm³/mol. The van der Waals surface area contributed by atoms with Crippen molar-refractivity contribution in [1.82, 2.24) is 0 Å². The third-order valence-corrected chi connectivity index (χ3v) is 7.41. The van der Waals surface area contributed by atoms with Gasteiger partial charge in [-0.25, -0.2) is 4.79 Å². The standard InChI is InChI=1S/C36H39NO2/c1-6-29(30-19-23-35(24-20-30)39-36(38)7-2)16-13-28(5)37(34-10-8-9-27(4)25-34)33-21-17-32(18-22-33)31-14-11-26(3)12-15-31/h7-12,14-15,17-25,28-29H,2,6,13,16H2,1,3-5H3. The molecule has 4 rings (SSSR count). The largest absolute Gasteiger partial charge is 0.423 e. The molecular formula is C36H39NO2. The van der Waals surface area contributed by atoms with Crippen molar-refractivity contribution < 1.29 is 9.53 Å². The van der Waals surface area contributed by atoms with Crippen molar-refractivity contribution in [2.45, 2.75) is 58.9 Å². The monoisotopic (exact) mass is 517 g/mol. The van der Waals surface area contributed by atoms with Crippen LogP contribution in [0.25, 0.3) is 11.1 Å². The average Bonchev–Trinajstić information content (AvgIpc) is 2.95. The zero-order chi connectivity index (χ0) is 27.8. The van der Waals surface area contributed by atoms with E-state index in [9.17, 15) is 4.79 Å². The van der Waals surface area contributed by atoms with Gasteiger partial charge in [0, 0.05) is 23.5 Å². The molecule has 0 N–H and O–H groups in total. The maximum atomic E-state index is 11.5. The van der Waals surface area contributed by atoms with E-state index in [-0.39, 0.29) is 0 Å². The number of benzene rings is 4. The van der Waals surface area contributed by atoms with Gasteiger partial charge < -0.3 is 9.64 Å². The first-order valence-corrected chi connectivity index (χ1v) is 13.8. The Morgan fingerprint density at radius 2 is 1.46 bits per heavy atom. The lowest BCUT2D eigenvalue weighted by molar-refractivity contribution is -0.128. The second-order valence-corrected chi connectivity index (χ2v) is 10.3. The van der Waals surface area contributed by atoms with E-state index in [2.05, 4.69) is 124 Å². The third-order valence-electron chi connectivity index (χ3n) is 7.41. The molecule has 0 amide bonds. The van der Waals surface area contributed by atoms with Gasteiger partial charge >= 0.3 is 5.97 Å². The van der Waals surface area contributed by atoms with Crippen molar-refractivity contribution in [1.29, 1.82) is 0 Å². The SMILES string of the molecule is C=CC(=O)Oc1ccc(C(CC)CCC(C)N(c2ccc(-c3ccc(C)cc3)cc2)c2cccc(C)c2)cc1. The number of hydrogen-bond donors (Lipinski definition) is 0. The Hall–Kier alpha value is -4.11. The van der Waals surface area contributed by atoms with E-state index in [0.29, 0.717) is 17.7 Å². The summed E-state index contributed by atoms with van der Waals surface area (Å²) in [6, 6.07) is 34.6. The van der Waals surface area contributed by atoms with Crippen LogP contribution in [0.15, 0.2) is 110 Å². The van der Waals surface area contributed by atoms with E-state index in [0.717, 1.165) is 19.3 Å². The fourth-order valence-corrected chi connectivity index (χ4v) is 5.14. The highest BCUT2D eigenvalue weighted by Gasteiger charge is 2.20. The first-order valence-electron chi connectivity index (χ1n) is 13.8. The Morgan fingerprint density at radius 1 is 0.821 bits per heavy atom. The van der Waals surface area contributed by atoms with Gasteiger partial charge in [-0.05, 0) is 105 Å². The number of rotatable bonds is 11. The zero-order valence-corrected chi connectivity index (χ0v) is 23.6. The molecule has 2 atom stereocenters. The minimum Gasteiger partial charge on any atom is -0.423 e. The van der Waals surface area contributed by atoms with Crippen molar-refractivity contribution in [3.63, 3.8) is 0 Å². The van der Waals surface area contributed by atoms with E-state index in [1.807, 2.05) is 12.1 Å². The molecule has 0 saturated carbocycles. The summed E-state index contributed by atoms with van der Waals surface area (Å²) in [6.07, 6.45) is 4.33. The molecular weight excluding hydrogens is 478 g/mol. The zero-order valence-electron chi connectivity index (χ0n) is 23.6. The van der Waals surface area contributed by atoms with Gasteiger partial charge in [-0.3, -0.25) is 0 Å². The average molecular weight is 518 g/mol. The Kier molecular flexibility index (Phi) is 9.38. The molecule has 2 unspecified atom stereocenters. The minimum absolute atomic E-state index is 0.305. The molecule has 3 nitrogen and oxygen atoms in total. The Morgan fingerprint density at radius 3 is 2.05 bits per heavy atom. The smallest absolute Gasteiger partial charge is 0.335 e. The van der Waals surface area contributed by atoms with Gasteiger partial charge in [0.2, 0.25) is 0 Å². The lowest BCUT2D eigenvalue weighted by atomic mass is 9.90.